The summed E-state index contributed by atoms with van der Waals surface area (Å²) in [5, 5.41) is 15.9. The number of hydrogen-bond acceptors (Lipinski definition) is 7. The third-order valence-corrected chi connectivity index (χ3v) is 6.28. The van der Waals surface area contributed by atoms with E-state index >= 15 is 0 Å². The number of halogens is 3. The lowest BCUT2D eigenvalue weighted by molar-refractivity contribution is -0.192. The molecule has 0 radical (unpaired) electrons. The van der Waals surface area contributed by atoms with Crippen molar-refractivity contribution in [3.05, 3.63) is 54.1 Å². The van der Waals surface area contributed by atoms with Gasteiger partial charge >= 0.3 is 12.1 Å². The first-order valence-corrected chi connectivity index (χ1v) is 11.5. The molecule has 0 aliphatic carbocycles. The highest BCUT2D eigenvalue weighted by Crippen LogP contribution is 2.40. The molecule has 0 amide bonds. The second-order valence-electron chi connectivity index (χ2n) is 7.47. The van der Waals surface area contributed by atoms with Gasteiger partial charge in [0.2, 0.25) is 0 Å². The van der Waals surface area contributed by atoms with E-state index in [1.54, 1.807) is 11.8 Å². The third-order valence-electron chi connectivity index (χ3n) is 5.14. The Bertz CT molecular complexity index is 995. The number of ether oxygens (including phenoxy) is 1. The zero-order valence-electron chi connectivity index (χ0n) is 18.4. The van der Waals surface area contributed by atoms with Gasteiger partial charge < -0.3 is 19.8 Å². The van der Waals surface area contributed by atoms with Crippen LogP contribution in [-0.2, 0) is 9.53 Å². The number of fused-ring (bicyclic) bond motifs is 2. The Morgan fingerprint density at radius 1 is 1.00 bits per heavy atom. The lowest BCUT2D eigenvalue weighted by atomic mass is 10.1. The Hall–Kier alpha value is -2.60. The molecule has 0 atom stereocenters. The van der Waals surface area contributed by atoms with Gasteiger partial charge in [-0.1, -0.05) is 42.1 Å². The molecule has 2 aromatic rings. The van der Waals surface area contributed by atoms with Gasteiger partial charge in [0.15, 0.2) is 0 Å². The highest BCUT2D eigenvalue weighted by Gasteiger charge is 2.38. The zero-order chi connectivity index (χ0) is 24.6. The largest absolute Gasteiger partial charge is 0.490 e. The summed E-state index contributed by atoms with van der Waals surface area (Å²) in [6.07, 6.45) is -5.08. The molecular weight excluding hydrogens is 471 g/mol. The van der Waals surface area contributed by atoms with Crippen molar-refractivity contribution in [2.75, 3.05) is 52.5 Å². The van der Waals surface area contributed by atoms with E-state index in [1.807, 2.05) is 0 Å². The number of piperazine rings is 1. The van der Waals surface area contributed by atoms with Crippen LogP contribution >= 0.6 is 11.8 Å². The maximum Gasteiger partial charge on any atom is 0.490 e. The average Bonchev–Trinajstić information content (AvgIpc) is 2.99. The summed E-state index contributed by atoms with van der Waals surface area (Å²) in [6, 6.07) is 16.9. The molecule has 0 aromatic heterocycles. The number of benzene rings is 2. The minimum Gasteiger partial charge on any atom is -0.475 e. The van der Waals surface area contributed by atoms with Crippen LogP contribution in [0.2, 0.25) is 0 Å². The van der Waals surface area contributed by atoms with Gasteiger partial charge in [-0.2, -0.15) is 13.2 Å². The maximum absolute atomic E-state index is 10.6. The van der Waals surface area contributed by atoms with Gasteiger partial charge in [-0.15, -0.1) is 0 Å². The maximum atomic E-state index is 10.6. The first-order valence-electron chi connectivity index (χ1n) is 10.7. The first-order chi connectivity index (χ1) is 16.3. The Balaban J connectivity index is 0.000000406. The number of amidine groups is 1. The SMILES string of the molecule is O=C(O)C(F)(F)F.OCCOCCN1CCN(C2=Nc3ccccc3Sc3ccccc32)CC1. The van der Waals surface area contributed by atoms with Crippen molar-refractivity contribution in [2.24, 2.45) is 4.99 Å². The van der Waals surface area contributed by atoms with Crippen LogP contribution in [0.3, 0.4) is 0 Å². The highest BCUT2D eigenvalue weighted by molar-refractivity contribution is 7.99. The van der Waals surface area contributed by atoms with Crippen LogP contribution in [-0.4, -0.2) is 90.5 Å². The van der Waals surface area contributed by atoms with Gasteiger partial charge in [-0.25, -0.2) is 9.79 Å². The molecule has 2 N–H and O–H groups in total. The molecule has 7 nitrogen and oxygen atoms in total. The summed E-state index contributed by atoms with van der Waals surface area (Å²) in [7, 11) is 0. The molecule has 0 saturated carbocycles. The van der Waals surface area contributed by atoms with Crippen molar-refractivity contribution in [3.63, 3.8) is 0 Å². The summed E-state index contributed by atoms with van der Waals surface area (Å²) in [5.74, 6) is -1.67. The fourth-order valence-corrected chi connectivity index (χ4v) is 4.47. The lowest BCUT2D eigenvalue weighted by Gasteiger charge is -2.36. The number of carboxylic acids is 1. The fourth-order valence-electron chi connectivity index (χ4n) is 3.45. The van der Waals surface area contributed by atoms with Gasteiger partial charge in [0, 0.05) is 48.1 Å². The first kappa shape index (κ1) is 26.0. The highest BCUT2D eigenvalue weighted by atomic mass is 32.2. The Morgan fingerprint density at radius 2 is 1.62 bits per heavy atom. The predicted molar refractivity (Wildman–Crippen MR) is 123 cm³/mol. The monoisotopic (exact) mass is 497 g/mol. The molecule has 0 bridgehead atoms. The molecule has 0 spiro atoms. The normalized spacial score (nSPS) is 15.9. The van der Waals surface area contributed by atoms with Gasteiger partial charge in [0.1, 0.15) is 5.84 Å². The summed E-state index contributed by atoms with van der Waals surface area (Å²) >= 11 is 1.80. The van der Waals surface area contributed by atoms with E-state index < -0.39 is 12.1 Å². The van der Waals surface area contributed by atoms with Crippen LogP contribution in [0.5, 0.6) is 0 Å². The van der Waals surface area contributed by atoms with Crippen LogP contribution < -0.4 is 0 Å². The number of rotatable bonds is 5. The van der Waals surface area contributed by atoms with E-state index in [0.717, 1.165) is 44.2 Å². The molecule has 11 heteroatoms. The topological polar surface area (TPSA) is 85.6 Å². The van der Waals surface area contributed by atoms with E-state index in [9.17, 15) is 13.2 Å². The standard InChI is InChI=1S/C21H25N3O2S.C2HF3O2/c25-14-16-26-15-13-23-9-11-24(12-10-23)21-17-5-1-3-7-19(17)27-20-8-4-2-6-18(20)22-21;3-2(4,5)1(6)7/h1-8,25H,9-16H2;(H,6,7). The number of aliphatic hydroxyl groups excluding tert-OH is 1. The van der Waals surface area contributed by atoms with E-state index in [-0.39, 0.29) is 6.61 Å². The Labute approximate surface area is 199 Å². The zero-order valence-corrected chi connectivity index (χ0v) is 19.2. The number of carboxylic acid groups (broad SMARTS) is 1. The lowest BCUT2D eigenvalue weighted by Crippen LogP contribution is -2.49. The molecule has 34 heavy (non-hydrogen) atoms. The molecule has 2 aliphatic heterocycles. The van der Waals surface area contributed by atoms with Crippen molar-refractivity contribution in [3.8, 4) is 0 Å². The van der Waals surface area contributed by atoms with Gasteiger partial charge in [0.05, 0.1) is 25.5 Å². The van der Waals surface area contributed by atoms with Gasteiger partial charge in [-0.3, -0.25) is 4.90 Å². The van der Waals surface area contributed by atoms with Crippen molar-refractivity contribution in [1.82, 2.24) is 9.80 Å². The molecule has 4 rings (SSSR count). The number of alkyl halides is 3. The number of aliphatic carboxylic acids is 1. The van der Waals surface area contributed by atoms with Crippen molar-refractivity contribution in [1.29, 1.82) is 0 Å². The predicted octanol–water partition coefficient (Wildman–Crippen LogP) is 3.49. The number of aliphatic hydroxyl groups is 1. The number of aliphatic imine (C=N–C) groups is 1. The van der Waals surface area contributed by atoms with Crippen molar-refractivity contribution >= 4 is 29.3 Å². The van der Waals surface area contributed by atoms with E-state index in [4.69, 9.17) is 24.7 Å². The molecule has 0 unspecified atom stereocenters. The van der Waals surface area contributed by atoms with E-state index in [2.05, 4.69) is 58.3 Å². The molecular formula is C23H26F3N3O4S. The van der Waals surface area contributed by atoms with Gasteiger partial charge in [-0.05, 0) is 18.2 Å². The van der Waals surface area contributed by atoms with Crippen LogP contribution in [0.4, 0.5) is 18.9 Å². The minimum absolute atomic E-state index is 0.0898. The molecule has 184 valence electrons. The minimum atomic E-state index is -5.08. The summed E-state index contributed by atoms with van der Waals surface area (Å²) in [6.45, 7) is 6.01. The number of hydrogen-bond donors (Lipinski definition) is 2. The quantitative estimate of drug-likeness (QED) is 0.612. The van der Waals surface area contributed by atoms with Crippen LogP contribution in [0.25, 0.3) is 0 Å². The second kappa shape index (κ2) is 12.2. The van der Waals surface area contributed by atoms with E-state index in [1.165, 1.54) is 15.4 Å². The summed E-state index contributed by atoms with van der Waals surface area (Å²) in [5.41, 5.74) is 2.27. The molecule has 1 fully saturated rings. The molecule has 1 saturated heterocycles. The summed E-state index contributed by atoms with van der Waals surface area (Å²) in [4.78, 5) is 21.3. The smallest absolute Gasteiger partial charge is 0.475 e. The van der Waals surface area contributed by atoms with E-state index in [0.29, 0.717) is 13.2 Å². The molecule has 2 heterocycles. The van der Waals surface area contributed by atoms with Crippen molar-refractivity contribution in [2.45, 2.75) is 16.0 Å². The fraction of sp³-hybridized carbons (Fsp3) is 0.391. The van der Waals surface area contributed by atoms with Crippen LogP contribution in [0.15, 0.2) is 63.3 Å². The number of para-hydroxylation sites is 1. The average molecular weight is 498 g/mol. The Kier molecular flexibility index (Phi) is 9.34. The Morgan fingerprint density at radius 3 is 2.26 bits per heavy atom. The molecule has 2 aliphatic rings. The number of carbonyl (C=O) groups is 1. The van der Waals surface area contributed by atoms with Crippen LogP contribution in [0, 0.1) is 0 Å². The summed E-state index contributed by atoms with van der Waals surface area (Å²) < 4.78 is 37.1. The molecule has 2 aromatic carbocycles. The third kappa shape index (κ3) is 7.20. The van der Waals surface area contributed by atoms with Gasteiger partial charge in [0.25, 0.3) is 0 Å². The van der Waals surface area contributed by atoms with Crippen LogP contribution in [0.1, 0.15) is 5.56 Å². The number of nitrogens with zero attached hydrogens (tertiary/aromatic N) is 3. The second-order valence-corrected chi connectivity index (χ2v) is 8.55. The van der Waals surface area contributed by atoms with Crippen molar-refractivity contribution < 1.29 is 32.9 Å².